The minimum atomic E-state index is -0.239. The van der Waals surface area contributed by atoms with Crippen LogP contribution < -0.4 is 11.1 Å². The number of nitrogens with two attached hydrogens (primary N) is 1. The van der Waals surface area contributed by atoms with Gasteiger partial charge in [0.05, 0.1) is 22.8 Å². The van der Waals surface area contributed by atoms with Crippen molar-refractivity contribution in [1.29, 1.82) is 0 Å². The van der Waals surface area contributed by atoms with Gasteiger partial charge in [0.25, 0.3) is 0 Å². The molecule has 7 heteroatoms. The molecule has 0 unspecified atom stereocenters. The monoisotopic (exact) mass is 249 g/mol. The van der Waals surface area contributed by atoms with Gasteiger partial charge in [-0.1, -0.05) is 5.16 Å². The fourth-order valence-electron chi connectivity index (χ4n) is 1.60. The van der Waals surface area contributed by atoms with Crippen molar-refractivity contribution in [3.8, 4) is 0 Å². The summed E-state index contributed by atoms with van der Waals surface area (Å²) in [4.78, 5) is 11.8. The molecule has 0 radical (unpaired) electrons. The van der Waals surface area contributed by atoms with Gasteiger partial charge in [-0.3, -0.25) is 14.8 Å². The first kappa shape index (κ1) is 12.2. The van der Waals surface area contributed by atoms with E-state index in [4.69, 9.17) is 10.3 Å². The van der Waals surface area contributed by atoms with Crippen LogP contribution >= 0.6 is 0 Å². The normalized spacial score (nSPS) is 10.6. The Balaban J connectivity index is 2.05. The van der Waals surface area contributed by atoms with Gasteiger partial charge in [-0.2, -0.15) is 5.10 Å². The number of aryl methyl sites for hydroxylation is 2. The zero-order chi connectivity index (χ0) is 13.3. The van der Waals surface area contributed by atoms with Crippen LogP contribution in [0.2, 0.25) is 0 Å². The van der Waals surface area contributed by atoms with Crippen molar-refractivity contribution < 1.29 is 9.32 Å². The minimum absolute atomic E-state index is 0.0869. The number of carbonyl (C=O) groups excluding carboxylic acids is 1. The van der Waals surface area contributed by atoms with Crippen LogP contribution in [0.15, 0.2) is 10.6 Å². The number of aromatic nitrogens is 3. The molecule has 0 aromatic carbocycles. The molecule has 0 bridgehead atoms. The summed E-state index contributed by atoms with van der Waals surface area (Å²) in [6.07, 6.45) is 0. The third kappa shape index (κ3) is 2.34. The Kier molecular flexibility index (Phi) is 3.05. The van der Waals surface area contributed by atoms with Gasteiger partial charge in [-0.15, -0.1) is 0 Å². The van der Waals surface area contributed by atoms with Gasteiger partial charge in [0.1, 0.15) is 6.54 Å². The first-order valence-corrected chi connectivity index (χ1v) is 5.50. The lowest BCUT2D eigenvalue weighted by Crippen LogP contribution is -2.20. The van der Waals surface area contributed by atoms with Crippen LogP contribution in [-0.4, -0.2) is 20.8 Å². The molecule has 2 rings (SSSR count). The molecule has 7 nitrogen and oxygen atoms in total. The molecule has 0 aliphatic heterocycles. The maximum atomic E-state index is 11.8. The van der Waals surface area contributed by atoms with Gasteiger partial charge < -0.3 is 10.3 Å². The van der Waals surface area contributed by atoms with Crippen molar-refractivity contribution in [2.45, 2.75) is 27.3 Å². The first-order chi connectivity index (χ1) is 8.47. The summed E-state index contributed by atoms with van der Waals surface area (Å²) in [7, 11) is 0. The van der Waals surface area contributed by atoms with Crippen LogP contribution in [0.4, 0.5) is 11.6 Å². The second-order valence-electron chi connectivity index (χ2n) is 4.12. The van der Waals surface area contributed by atoms with Crippen LogP contribution in [0.1, 0.15) is 17.1 Å². The lowest BCUT2D eigenvalue weighted by atomic mass is 10.3. The molecular formula is C11H15N5O2. The molecule has 2 aromatic rings. The van der Waals surface area contributed by atoms with E-state index in [1.807, 2.05) is 6.92 Å². The molecule has 1 amide bonds. The highest BCUT2D eigenvalue weighted by molar-refractivity contribution is 5.89. The maximum Gasteiger partial charge on any atom is 0.248 e. The average molecular weight is 249 g/mol. The molecule has 3 N–H and O–H groups in total. The number of hydrogen-bond acceptors (Lipinski definition) is 5. The van der Waals surface area contributed by atoms with Crippen LogP contribution in [0, 0.1) is 20.8 Å². The summed E-state index contributed by atoms with van der Waals surface area (Å²) in [5.74, 6) is 0.0868. The number of nitrogens with zero attached hydrogens (tertiary/aromatic N) is 3. The molecule has 0 aliphatic rings. The smallest absolute Gasteiger partial charge is 0.248 e. The predicted octanol–water partition coefficient (Wildman–Crippen LogP) is 1.02. The Morgan fingerprint density at radius 1 is 1.50 bits per heavy atom. The molecule has 0 saturated heterocycles. The second kappa shape index (κ2) is 4.52. The van der Waals surface area contributed by atoms with E-state index in [0.29, 0.717) is 17.3 Å². The summed E-state index contributed by atoms with van der Waals surface area (Å²) in [6, 6.07) is 1.65. The van der Waals surface area contributed by atoms with E-state index in [0.717, 1.165) is 11.4 Å². The molecule has 18 heavy (non-hydrogen) atoms. The standard InChI is InChI=1S/C11H15N5O2/c1-6-4-10(18-15-6)13-9(17)5-16-8(3)11(12)7(2)14-16/h4H,5,12H2,1-3H3,(H,13,17). The van der Waals surface area contributed by atoms with Crippen molar-refractivity contribution in [3.05, 3.63) is 23.1 Å². The third-order valence-electron chi connectivity index (χ3n) is 2.62. The number of nitrogen functional groups attached to an aromatic ring is 1. The lowest BCUT2D eigenvalue weighted by Gasteiger charge is -2.03. The molecule has 0 fully saturated rings. The van der Waals surface area contributed by atoms with E-state index in [2.05, 4.69) is 15.6 Å². The summed E-state index contributed by atoms with van der Waals surface area (Å²) in [5.41, 5.74) is 8.60. The quantitative estimate of drug-likeness (QED) is 0.846. The number of amides is 1. The van der Waals surface area contributed by atoms with Gasteiger partial charge in [0, 0.05) is 6.07 Å². The second-order valence-corrected chi connectivity index (χ2v) is 4.12. The Morgan fingerprint density at radius 2 is 2.22 bits per heavy atom. The van der Waals surface area contributed by atoms with Crippen LogP contribution in [0.5, 0.6) is 0 Å². The Hall–Kier alpha value is -2.31. The Bertz CT molecular complexity index is 584. The molecule has 96 valence electrons. The van der Waals surface area contributed by atoms with Crippen molar-refractivity contribution >= 4 is 17.5 Å². The summed E-state index contributed by atoms with van der Waals surface area (Å²) in [5, 5.41) is 10.5. The van der Waals surface area contributed by atoms with Crippen molar-refractivity contribution in [3.63, 3.8) is 0 Å². The number of rotatable bonds is 3. The molecule has 2 heterocycles. The van der Waals surface area contributed by atoms with Gasteiger partial charge in [0.2, 0.25) is 11.8 Å². The summed E-state index contributed by atoms with van der Waals surface area (Å²) < 4.78 is 6.45. The molecule has 0 aliphatic carbocycles. The average Bonchev–Trinajstić information content (AvgIpc) is 2.80. The summed E-state index contributed by atoms with van der Waals surface area (Å²) in [6.45, 7) is 5.49. The third-order valence-corrected chi connectivity index (χ3v) is 2.62. The molecule has 2 aromatic heterocycles. The molecule has 0 spiro atoms. The molecule has 0 atom stereocenters. The number of hydrogen-bond donors (Lipinski definition) is 2. The van der Waals surface area contributed by atoms with Crippen LogP contribution in [0.25, 0.3) is 0 Å². The van der Waals surface area contributed by atoms with Gasteiger partial charge in [-0.25, -0.2) is 0 Å². The Labute approximate surface area is 104 Å². The van der Waals surface area contributed by atoms with Crippen molar-refractivity contribution in [2.75, 3.05) is 11.1 Å². The largest absolute Gasteiger partial charge is 0.396 e. The molecule has 0 saturated carbocycles. The fourth-order valence-corrected chi connectivity index (χ4v) is 1.60. The number of carbonyl (C=O) groups is 1. The van der Waals surface area contributed by atoms with Gasteiger partial charge in [-0.05, 0) is 20.8 Å². The number of nitrogens with one attached hydrogen (secondary N) is 1. The number of anilines is 2. The van der Waals surface area contributed by atoms with E-state index in [9.17, 15) is 4.79 Å². The van der Waals surface area contributed by atoms with E-state index in [-0.39, 0.29) is 12.5 Å². The zero-order valence-electron chi connectivity index (χ0n) is 10.5. The zero-order valence-corrected chi connectivity index (χ0v) is 10.5. The van der Waals surface area contributed by atoms with E-state index in [1.54, 1.807) is 24.6 Å². The summed E-state index contributed by atoms with van der Waals surface area (Å²) >= 11 is 0. The van der Waals surface area contributed by atoms with E-state index < -0.39 is 0 Å². The minimum Gasteiger partial charge on any atom is -0.396 e. The highest BCUT2D eigenvalue weighted by Gasteiger charge is 2.12. The van der Waals surface area contributed by atoms with Gasteiger partial charge in [0.15, 0.2) is 0 Å². The first-order valence-electron chi connectivity index (χ1n) is 5.50. The topological polar surface area (TPSA) is 99.0 Å². The highest BCUT2D eigenvalue weighted by atomic mass is 16.5. The van der Waals surface area contributed by atoms with Crippen LogP contribution in [-0.2, 0) is 11.3 Å². The highest BCUT2D eigenvalue weighted by Crippen LogP contribution is 2.15. The SMILES string of the molecule is Cc1cc(NC(=O)Cn2nc(C)c(N)c2C)on1. The van der Waals surface area contributed by atoms with Crippen LogP contribution in [0.3, 0.4) is 0 Å². The van der Waals surface area contributed by atoms with E-state index >= 15 is 0 Å². The lowest BCUT2D eigenvalue weighted by molar-refractivity contribution is -0.117. The van der Waals surface area contributed by atoms with E-state index in [1.165, 1.54) is 0 Å². The predicted molar refractivity (Wildman–Crippen MR) is 66.0 cm³/mol. The van der Waals surface area contributed by atoms with Crippen molar-refractivity contribution in [2.24, 2.45) is 0 Å². The van der Waals surface area contributed by atoms with Crippen molar-refractivity contribution in [1.82, 2.24) is 14.9 Å². The Morgan fingerprint density at radius 3 is 2.72 bits per heavy atom. The molecular weight excluding hydrogens is 234 g/mol. The maximum absolute atomic E-state index is 11.8. The fraction of sp³-hybridized carbons (Fsp3) is 0.364. The van der Waals surface area contributed by atoms with Gasteiger partial charge >= 0.3 is 0 Å².